The minimum absolute atomic E-state index is 0.201. The van der Waals surface area contributed by atoms with Crippen LogP contribution in [0.5, 0.6) is 11.5 Å². The molecule has 4 aromatic rings. The smallest absolute Gasteiger partial charge is 0.349 e. The Labute approximate surface area is 188 Å². The van der Waals surface area contributed by atoms with Crippen LogP contribution in [0.1, 0.15) is 0 Å². The van der Waals surface area contributed by atoms with Crippen LogP contribution in [0.4, 0.5) is 5.69 Å². The summed E-state index contributed by atoms with van der Waals surface area (Å²) >= 11 is 6.22. The lowest BCUT2D eigenvalue weighted by atomic mass is 10.1. The first-order valence-corrected chi connectivity index (χ1v) is 10.4. The molecule has 0 saturated heterocycles. The molecular weight excluding hydrogens is 430 g/mol. The van der Waals surface area contributed by atoms with Gasteiger partial charge in [0, 0.05) is 27.7 Å². The molecule has 0 saturated carbocycles. The molecule has 0 radical (unpaired) electrons. The van der Waals surface area contributed by atoms with Crippen molar-refractivity contribution in [2.75, 3.05) is 18.5 Å². The number of rotatable bonds is 4. The quantitative estimate of drug-likeness (QED) is 0.508. The third-order valence-electron chi connectivity index (χ3n) is 5.12. The predicted octanol–water partition coefficient (Wildman–Crippen LogP) is 4.13. The van der Waals surface area contributed by atoms with Gasteiger partial charge in [-0.05, 0) is 30.3 Å². The van der Waals surface area contributed by atoms with Crippen LogP contribution in [-0.2, 0) is 11.3 Å². The van der Waals surface area contributed by atoms with Gasteiger partial charge >= 0.3 is 5.69 Å². The van der Waals surface area contributed by atoms with Crippen LogP contribution in [0.15, 0.2) is 71.5 Å². The lowest BCUT2D eigenvalue weighted by molar-refractivity contribution is -0.116. The van der Waals surface area contributed by atoms with E-state index in [1.165, 1.54) is 4.57 Å². The van der Waals surface area contributed by atoms with Crippen molar-refractivity contribution in [1.29, 1.82) is 0 Å². The van der Waals surface area contributed by atoms with Gasteiger partial charge in [0.2, 0.25) is 5.91 Å². The fraction of sp³-hybridized carbons (Fsp3) is 0.125. The average Bonchev–Trinajstić information content (AvgIpc) is 2.81. The molecule has 1 N–H and O–H groups in total. The molecule has 1 aliphatic heterocycles. The SMILES string of the molecule is O=C(Cn1c(=O)nc(-c2ccccc2)c2cc(Cl)ccc21)Nc1ccc2c(c1)OCCO2. The minimum atomic E-state index is -0.518. The predicted molar refractivity (Wildman–Crippen MR) is 123 cm³/mol. The summed E-state index contributed by atoms with van der Waals surface area (Å²) in [6.07, 6.45) is 0. The monoisotopic (exact) mass is 447 g/mol. The summed E-state index contributed by atoms with van der Waals surface area (Å²) in [5.74, 6) is 0.837. The highest BCUT2D eigenvalue weighted by Gasteiger charge is 2.16. The summed E-state index contributed by atoms with van der Waals surface area (Å²) < 4.78 is 12.4. The lowest BCUT2D eigenvalue weighted by Gasteiger charge is -2.19. The van der Waals surface area contributed by atoms with Crippen molar-refractivity contribution >= 4 is 34.1 Å². The molecule has 1 aromatic heterocycles. The number of benzene rings is 3. The number of hydrogen-bond acceptors (Lipinski definition) is 5. The second-order valence-electron chi connectivity index (χ2n) is 7.26. The molecule has 0 bridgehead atoms. The lowest BCUT2D eigenvalue weighted by Crippen LogP contribution is -2.30. The van der Waals surface area contributed by atoms with Gasteiger partial charge in [-0.1, -0.05) is 41.9 Å². The topological polar surface area (TPSA) is 82.5 Å². The van der Waals surface area contributed by atoms with Gasteiger partial charge in [0.1, 0.15) is 19.8 Å². The first kappa shape index (κ1) is 20.1. The van der Waals surface area contributed by atoms with E-state index < -0.39 is 5.69 Å². The van der Waals surface area contributed by atoms with Gasteiger partial charge in [0.05, 0.1) is 11.2 Å². The number of carbonyl (C=O) groups is 1. The van der Waals surface area contributed by atoms with E-state index in [1.54, 1.807) is 36.4 Å². The molecule has 2 heterocycles. The van der Waals surface area contributed by atoms with Gasteiger partial charge in [-0.25, -0.2) is 4.79 Å². The number of anilines is 1. The number of halogens is 1. The van der Waals surface area contributed by atoms with Crippen molar-refractivity contribution in [3.63, 3.8) is 0 Å². The third-order valence-corrected chi connectivity index (χ3v) is 5.35. The summed E-state index contributed by atoms with van der Waals surface area (Å²) in [4.78, 5) is 29.9. The number of aromatic nitrogens is 2. The zero-order valence-corrected chi connectivity index (χ0v) is 17.6. The molecule has 0 atom stereocenters. The van der Waals surface area contributed by atoms with Crippen molar-refractivity contribution in [2.24, 2.45) is 0 Å². The summed E-state index contributed by atoms with van der Waals surface area (Å²) in [5.41, 5.74) is 1.93. The number of fused-ring (bicyclic) bond motifs is 2. The molecule has 1 aliphatic rings. The maximum Gasteiger partial charge on any atom is 0.349 e. The molecule has 0 aliphatic carbocycles. The van der Waals surface area contributed by atoms with Gasteiger partial charge in [-0.2, -0.15) is 4.98 Å². The second kappa shape index (κ2) is 8.36. The Morgan fingerprint density at radius 3 is 2.59 bits per heavy atom. The standard InChI is InChI=1S/C24H18ClN3O4/c25-16-6-8-19-18(12-16)23(15-4-2-1-3-5-15)27-24(30)28(19)14-22(29)26-17-7-9-20-21(13-17)32-11-10-31-20/h1-9,12-13H,10-11,14H2,(H,26,29). The number of nitrogens with zero attached hydrogens (tertiary/aromatic N) is 2. The van der Waals surface area contributed by atoms with E-state index in [2.05, 4.69) is 10.3 Å². The maximum atomic E-state index is 12.9. The zero-order valence-electron chi connectivity index (χ0n) is 16.9. The fourth-order valence-corrected chi connectivity index (χ4v) is 3.86. The van der Waals surface area contributed by atoms with Crippen LogP contribution in [0, 0.1) is 0 Å². The van der Waals surface area contributed by atoms with Crippen LogP contribution < -0.4 is 20.5 Å². The fourth-order valence-electron chi connectivity index (χ4n) is 3.69. The maximum absolute atomic E-state index is 12.9. The van der Waals surface area contributed by atoms with Gasteiger partial charge in [0.15, 0.2) is 11.5 Å². The Morgan fingerprint density at radius 1 is 1.00 bits per heavy atom. The molecule has 0 fully saturated rings. The first-order valence-electron chi connectivity index (χ1n) is 10.0. The van der Waals surface area contributed by atoms with Crippen LogP contribution >= 0.6 is 11.6 Å². The van der Waals surface area contributed by atoms with E-state index in [0.717, 1.165) is 5.56 Å². The minimum Gasteiger partial charge on any atom is -0.486 e. The largest absolute Gasteiger partial charge is 0.486 e. The van der Waals surface area contributed by atoms with E-state index in [4.69, 9.17) is 21.1 Å². The molecule has 1 amide bonds. The molecule has 32 heavy (non-hydrogen) atoms. The van der Waals surface area contributed by atoms with E-state index in [1.807, 2.05) is 30.3 Å². The highest BCUT2D eigenvalue weighted by molar-refractivity contribution is 6.31. The van der Waals surface area contributed by atoms with Crippen molar-refractivity contribution < 1.29 is 14.3 Å². The molecule has 5 rings (SSSR count). The Hall–Kier alpha value is -3.84. The van der Waals surface area contributed by atoms with Crippen molar-refractivity contribution in [1.82, 2.24) is 9.55 Å². The first-order chi connectivity index (χ1) is 15.6. The summed E-state index contributed by atoms with van der Waals surface area (Å²) in [6, 6.07) is 19.7. The summed E-state index contributed by atoms with van der Waals surface area (Å²) in [5, 5.41) is 4.01. The molecule has 0 unspecified atom stereocenters. The number of nitrogens with one attached hydrogen (secondary N) is 1. The summed E-state index contributed by atoms with van der Waals surface area (Å²) in [6.45, 7) is 0.742. The third kappa shape index (κ3) is 3.90. The van der Waals surface area contributed by atoms with E-state index in [9.17, 15) is 9.59 Å². The molecule has 0 spiro atoms. The Kier molecular flexibility index (Phi) is 5.25. The van der Waals surface area contributed by atoms with Crippen molar-refractivity contribution in [3.8, 4) is 22.8 Å². The van der Waals surface area contributed by atoms with Gasteiger partial charge < -0.3 is 14.8 Å². The van der Waals surface area contributed by atoms with Crippen LogP contribution in [0.3, 0.4) is 0 Å². The number of amides is 1. The zero-order chi connectivity index (χ0) is 22.1. The number of carbonyl (C=O) groups excluding carboxylic acids is 1. The van der Waals surface area contributed by atoms with Gasteiger partial charge in [-0.15, -0.1) is 0 Å². The average molecular weight is 448 g/mol. The van der Waals surface area contributed by atoms with Crippen molar-refractivity contribution in [2.45, 2.75) is 6.54 Å². The highest BCUT2D eigenvalue weighted by atomic mass is 35.5. The molecule has 160 valence electrons. The van der Waals surface area contributed by atoms with Gasteiger partial charge in [-0.3, -0.25) is 9.36 Å². The molecule has 3 aromatic carbocycles. The number of hydrogen-bond donors (Lipinski definition) is 1. The second-order valence-corrected chi connectivity index (χ2v) is 7.70. The van der Waals surface area contributed by atoms with E-state index >= 15 is 0 Å². The Balaban J connectivity index is 1.49. The van der Waals surface area contributed by atoms with Crippen molar-refractivity contribution in [3.05, 3.63) is 82.2 Å². The van der Waals surface area contributed by atoms with Crippen LogP contribution in [0.25, 0.3) is 22.2 Å². The molecule has 7 nitrogen and oxygen atoms in total. The summed E-state index contributed by atoms with van der Waals surface area (Å²) in [7, 11) is 0. The number of ether oxygens (including phenoxy) is 2. The van der Waals surface area contributed by atoms with Crippen LogP contribution in [0.2, 0.25) is 5.02 Å². The van der Waals surface area contributed by atoms with E-state index in [-0.39, 0.29) is 12.5 Å². The Bertz CT molecular complexity index is 1390. The molecule has 8 heteroatoms. The normalized spacial score (nSPS) is 12.5. The highest BCUT2D eigenvalue weighted by Crippen LogP contribution is 2.32. The van der Waals surface area contributed by atoms with E-state index in [0.29, 0.717) is 52.0 Å². The Morgan fingerprint density at radius 2 is 1.78 bits per heavy atom. The van der Waals surface area contributed by atoms with Crippen LogP contribution in [-0.4, -0.2) is 28.7 Å². The molecular formula is C24H18ClN3O4. The van der Waals surface area contributed by atoms with Gasteiger partial charge in [0.25, 0.3) is 0 Å².